The molecule has 5 nitrogen and oxygen atoms in total. The molecule has 0 aliphatic heterocycles. The highest BCUT2D eigenvalue weighted by molar-refractivity contribution is 7.90. The van der Waals surface area contributed by atoms with Gasteiger partial charge in [0.05, 0.1) is 24.6 Å². The van der Waals surface area contributed by atoms with Crippen molar-refractivity contribution in [3.8, 4) is 11.5 Å². The van der Waals surface area contributed by atoms with E-state index >= 15 is 0 Å². The van der Waals surface area contributed by atoms with Crippen LogP contribution in [0.25, 0.3) is 10.9 Å². The highest BCUT2D eigenvalue weighted by atomic mass is 32.2. The molecule has 96 valence electrons. The minimum absolute atomic E-state index is 0.165. The average molecular weight is 267 g/mol. The van der Waals surface area contributed by atoms with E-state index < -0.39 is 9.84 Å². The molecule has 1 aromatic heterocycles. The molecular formula is C12H13NO4S. The second-order valence-corrected chi connectivity index (χ2v) is 5.86. The Morgan fingerprint density at radius 2 is 1.83 bits per heavy atom. The molecule has 0 N–H and O–H groups in total. The van der Waals surface area contributed by atoms with E-state index in [0.29, 0.717) is 22.4 Å². The molecule has 0 spiro atoms. The number of benzene rings is 1. The van der Waals surface area contributed by atoms with E-state index in [9.17, 15) is 8.42 Å². The molecule has 1 heterocycles. The SMILES string of the molecule is COc1cc(OC)c2cc(S(C)(=O)=O)cnc2c1. The third-order valence-electron chi connectivity index (χ3n) is 2.59. The number of pyridine rings is 1. The van der Waals surface area contributed by atoms with Crippen LogP contribution >= 0.6 is 0 Å². The molecule has 0 aliphatic rings. The minimum Gasteiger partial charge on any atom is -0.497 e. The van der Waals surface area contributed by atoms with Crippen molar-refractivity contribution in [1.82, 2.24) is 4.98 Å². The fraction of sp³-hybridized carbons (Fsp3) is 0.250. The van der Waals surface area contributed by atoms with Gasteiger partial charge in [-0.1, -0.05) is 0 Å². The first-order valence-corrected chi connectivity index (χ1v) is 7.06. The number of aromatic nitrogens is 1. The highest BCUT2D eigenvalue weighted by Gasteiger charge is 2.12. The summed E-state index contributed by atoms with van der Waals surface area (Å²) in [5, 5.41) is 0.640. The van der Waals surface area contributed by atoms with Crippen LogP contribution in [0, 0.1) is 0 Å². The minimum atomic E-state index is -3.28. The standard InChI is InChI=1S/C12H13NO4S/c1-16-8-4-11-10(12(5-8)17-2)6-9(7-13-11)18(3,14)15/h4-7H,1-3H3. The number of ether oxygens (including phenoxy) is 2. The van der Waals surface area contributed by atoms with Crippen LogP contribution in [0.2, 0.25) is 0 Å². The van der Waals surface area contributed by atoms with Crippen LogP contribution in [0.4, 0.5) is 0 Å². The van der Waals surface area contributed by atoms with Crippen molar-refractivity contribution < 1.29 is 17.9 Å². The van der Waals surface area contributed by atoms with Gasteiger partial charge in [0.15, 0.2) is 9.84 Å². The fourth-order valence-corrected chi connectivity index (χ4v) is 2.22. The number of fused-ring (bicyclic) bond motifs is 1. The van der Waals surface area contributed by atoms with Crippen LogP contribution in [0.5, 0.6) is 11.5 Å². The van der Waals surface area contributed by atoms with Gasteiger partial charge < -0.3 is 9.47 Å². The van der Waals surface area contributed by atoms with Crippen LogP contribution in [-0.2, 0) is 9.84 Å². The Hall–Kier alpha value is -1.82. The topological polar surface area (TPSA) is 65.5 Å². The van der Waals surface area contributed by atoms with E-state index in [0.717, 1.165) is 6.26 Å². The average Bonchev–Trinajstić information content (AvgIpc) is 2.35. The molecular weight excluding hydrogens is 254 g/mol. The summed E-state index contributed by atoms with van der Waals surface area (Å²) < 4.78 is 33.3. The first kappa shape index (κ1) is 12.6. The summed E-state index contributed by atoms with van der Waals surface area (Å²) in [6, 6.07) is 4.97. The molecule has 2 aromatic rings. The summed E-state index contributed by atoms with van der Waals surface area (Å²) in [4.78, 5) is 4.29. The maximum atomic E-state index is 11.5. The molecule has 0 bridgehead atoms. The van der Waals surface area contributed by atoms with Crippen molar-refractivity contribution in [3.05, 3.63) is 24.4 Å². The molecule has 0 unspecified atom stereocenters. The molecule has 0 saturated heterocycles. The van der Waals surface area contributed by atoms with Crippen molar-refractivity contribution in [2.75, 3.05) is 20.5 Å². The van der Waals surface area contributed by atoms with Crippen LogP contribution in [0.1, 0.15) is 0 Å². The number of hydrogen-bond acceptors (Lipinski definition) is 5. The first-order valence-electron chi connectivity index (χ1n) is 5.17. The van der Waals surface area contributed by atoms with Crippen LogP contribution in [0.3, 0.4) is 0 Å². The van der Waals surface area contributed by atoms with Crippen LogP contribution in [-0.4, -0.2) is 33.9 Å². The predicted octanol–water partition coefficient (Wildman–Crippen LogP) is 1.66. The van der Waals surface area contributed by atoms with Crippen molar-refractivity contribution in [3.63, 3.8) is 0 Å². The summed E-state index contributed by atoms with van der Waals surface area (Å²) in [5.74, 6) is 1.14. The first-order chi connectivity index (χ1) is 8.45. The Kier molecular flexibility index (Phi) is 3.13. The van der Waals surface area contributed by atoms with Gasteiger partial charge in [-0.3, -0.25) is 4.98 Å². The van der Waals surface area contributed by atoms with Gasteiger partial charge in [-0.25, -0.2) is 8.42 Å². The van der Waals surface area contributed by atoms with Gasteiger partial charge in [0.1, 0.15) is 11.5 Å². The summed E-state index contributed by atoms with van der Waals surface area (Å²) in [6.45, 7) is 0. The Labute approximate surface area is 105 Å². The molecule has 1 aromatic carbocycles. The van der Waals surface area contributed by atoms with E-state index in [-0.39, 0.29) is 4.90 Å². The molecule has 0 amide bonds. The highest BCUT2D eigenvalue weighted by Crippen LogP contribution is 2.31. The van der Waals surface area contributed by atoms with Crippen molar-refractivity contribution in [2.24, 2.45) is 0 Å². The van der Waals surface area contributed by atoms with Crippen molar-refractivity contribution >= 4 is 20.7 Å². The summed E-state index contributed by atoms with van der Waals surface area (Å²) in [5.41, 5.74) is 0.624. The van der Waals surface area contributed by atoms with Gasteiger partial charge in [-0.2, -0.15) is 0 Å². The van der Waals surface area contributed by atoms with Crippen LogP contribution in [0.15, 0.2) is 29.3 Å². The molecule has 18 heavy (non-hydrogen) atoms. The second-order valence-electron chi connectivity index (χ2n) is 3.84. The van der Waals surface area contributed by atoms with E-state index in [4.69, 9.17) is 9.47 Å². The maximum absolute atomic E-state index is 11.5. The molecule has 6 heteroatoms. The van der Waals surface area contributed by atoms with Gasteiger partial charge >= 0.3 is 0 Å². The molecule has 0 fully saturated rings. The van der Waals surface area contributed by atoms with Gasteiger partial charge in [0, 0.05) is 30.0 Å². The monoisotopic (exact) mass is 267 g/mol. The van der Waals surface area contributed by atoms with Gasteiger partial charge in [-0.15, -0.1) is 0 Å². The largest absolute Gasteiger partial charge is 0.497 e. The van der Waals surface area contributed by atoms with E-state index in [1.165, 1.54) is 13.3 Å². The van der Waals surface area contributed by atoms with E-state index in [1.807, 2.05) is 0 Å². The van der Waals surface area contributed by atoms with E-state index in [2.05, 4.69) is 4.98 Å². The lowest BCUT2D eigenvalue weighted by atomic mass is 10.2. The number of methoxy groups -OCH3 is 2. The zero-order valence-electron chi connectivity index (χ0n) is 10.3. The Morgan fingerprint density at radius 1 is 1.11 bits per heavy atom. The normalized spacial score (nSPS) is 11.5. The zero-order chi connectivity index (χ0) is 13.3. The molecule has 0 saturated carbocycles. The Balaban J connectivity index is 2.77. The van der Waals surface area contributed by atoms with Crippen molar-refractivity contribution in [1.29, 1.82) is 0 Å². The lowest BCUT2D eigenvalue weighted by Crippen LogP contribution is -1.99. The third-order valence-corrected chi connectivity index (χ3v) is 3.67. The van der Waals surface area contributed by atoms with Gasteiger partial charge in [0.25, 0.3) is 0 Å². The summed E-state index contributed by atoms with van der Waals surface area (Å²) in [6.07, 6.45) is 2.47. The Bertz CT molecular complexity index is 695. The number of sulfone groups is 1. The quantitative estimate of drug-likeness (QED) is 0.846. The lowest BCUT2D eigenvalue weighted by molar-refractivity contribution is 0.398. The van der Waals surface area contributed by atoms with E-state index in [1.54, 1.807) is 25.3 Å². The summed E-state index contributed by atoms with van der Waals surface area (Å²) >= 11 is 0. The maximum Gasteiger partial charge on any atom is 0.177 e. The number of nitrogens with zero attached hydrogens (tertiary/aromatic N) is 1. The molecule has 2 rings (SSSR count). The lowest BCUT2D eigenvalue weighted by Gasteiger charge is -2.09. The molecule has 0 radical (unpaired) electrons. The van der Waals surface area contributed by atoms with Gasteiger partial charge in [-0.05, 0) is 6.07 Å². The Morgan fingerprint density at radius 3 is 2.39 bits per heavy atom. The van der Waals surface area contributed by atoms with Gasteiger partial charge in [0.2, 0.25) is 0 Å². The second kappa shape index (κ2) is 4.45. The summed E-state index contributed by atoms with van der Waals surface area (Å²) in [7, 11) is -0.222. The molecule has 0 atom stereocenters. The smallest absolute Gasteiger partial charge is 0.177 e. The number of hydrogen-bond donors (Lipinski definition) is 0. The predicted molar refractivity (Wildman–Crippen MR) is 68.0 cm³/mol. The van der Waals surface area contributed by atoms with Crippen molar-refractivity contribution in [2.45, 2.75) is 4.90 Å². The van der Waals surface area contributed by atoms with Crippen LogP contribution < -0.4 is 9.47 Å². The molecule has 0 aliphatic carbocycles. The number of rotatable bonds is 3. The third kappa shape index (κ3) is 2.24. The fourth-order valence-electron chi connectivity index (χ4n) is 1.64. The zero-order valence-corrected chi connectivity index (χ0v) is 11.1.